The van der Waals surface area contributed by atoms with E-state index in [1.54, 1.807) is 0 Å². The summed E-state index contributed by atoms with van der Waals surface area (Å²) >= 11 is 0. The molecule has 6 N–H and O–H groups in total. The first-order chi connectivity index (χ1) is 8.64. The Morgan fingerprint density at radius 1 is 1.00 bits per heavy atom. The molecule has 0 fully saturated rings. The molecule has 0 rings (SSSR count). The van der Waals surface area contributed by atoms with Gasteiger partial charge in [0.25, 0.3) is 0 Å². The van der Waals surface area contributed by atoms with Gasteiger partial charge in [0.15, 0.2) is 5.78 Å². The van der Waals surface area contributed by atoms with Crippen LogP contribution in [-0.2, 0) is 4.79 Å². The lowest BCUT2D eigenvalue weighted by Crippen LogP contribution is -2.58. The molecular formula is C9H15NO9. The number of hydrogen-bond donors (Lipinski definition) is 6. The third-order valence-electron chi connectivity index (χ3n) is 2.36. The first-order valence-electron chi connectivity index (χ1n) is 5.05. The second kappa shape index (κ2) is 6.99. The summed E-state index contributed by atoms with van der Waals surface area (Å²) in [7, 11) is 0. The average Bonchev–Trinajstić information content (AvgIpc) is 2.31. The normalized spacial score (nSPS) is 17.1. The van der Waals surface area contributed by atoms with Crippen LogP contribution in [0.25, 0.3) is 0 Å². The third-order valence-corrected chi connectivity index (χ3v) is 2.36. The zero-order chi connectivity index (χ0) is 15.3. The Labute approximate surface area is 107 Å². The fourth-order valence-electron chi connectivity index (χ4n) is 1.42. The lowest BCUT2D eigenvalue weighted by Gasteiger charge is -2.31. The Morgan fingerprint density at radius 2 is 1.42 bits per heavy atom. The van der Waals surface area contributed by atoms with E-state index in [4.69, 9.17) is 20.4 Å². The molecule has 0 spiro atoms. The minimum absolute atomic E-state index is 0.389. The maximum atomic E-state index is 11.3. The van der Waals surface area contributed by atoms with Crippen LogP contribution < -0.4 is 0 Å². The highest BCUT2D eigenvalue weighted by atomic mass is 16.4. The molecule has 0 bridgehead atoms. The minimum atomic E-state index is -2.22. The second-order valence-electron chi connectivity index (χ2n) is 3.72. The number of ketones is 1. The van der Waals surface area contributed by atoms with Gasteiger partial charge in [-0.25, -0.2) is 9.59 Å². The van der Waals surface area contributed by atoms with Crippen LogP contribution in [0, 0.1) is 0 Å². The fraction of sp³-hybridized carbons (Fsp3) is 0.667. The summed E-state index contributed by atoms with van der Waals surface area (Å²) in [6.45, 7) is -0.159. The topological polar surface area (TPSA) is 176 Å². The van der Waals surface area contributed by atoms with E-state index in [1.165, 1.54) is 0 Å². The first kappa shape index (κ1) is 17.2. The van der Waals surface area contributed by atoms with E-state index in [9.17, 15) is 24.6 Å². The van der Waals surface area contributed by atoms with E-state index in [2.05, 4.69) is 0 Å². The molecule has 0 aliphatic heterocycles. The van der Waals surface area contributed by atoms with Crippen LogP contribution in [0.3, 0.4) is 0 Å². The maximum Gasteiger partial charge on any atom is 0.417 e. The number of amides is 2. The van der Waals surface area contributed by atoms with Gasteiger partial charge < -0.3 is 30.6 Å². The SMILES string of the molecule is CC(=O)[C@@H]([C@@H](O)[C@H](O)[C@H](O)CO)N(C(=O)O)C(=O)O. The number of carboxylic acid groups (broad SMARTS) is 2. The molecule has 0 aromatic carbocycles. The highest BCUT2D eigenvalue weighted by Gasteiger charge is 2.42. The van der Waals surface area contributed by atoms with E-state index in [0.29, 0.717) is 0 Å². The van der Waals surface area contributed by atoms with Crippen molar-refractivity contribution in [3.8, 4) is 0 Å². The molecule has 0 aromatic rings. The predicted octanol–water partition coefficient (Wildman–Crippen LogP) is -2.32. The number of Topliss-reactive ketones (excluding diaryl/α,β-unsaturated/α-hetero) is 1. The molecule has 4 atom stereocenters. The lowest BCUT2D eigenvalue weighted by atomic mass is 9.97. The van der Waals surface area contributed by atoms with E-state index < -0.39 is 48.9 Å². The first-order valence-corrected chi connectivity index (χ1v) is 5.05. The van der Waals surface area contributed by atoms with Crippen molar-refractivity contribution in [1.29, 1.82) is 0 Å². The molecule has 0 heterocycles. The average molecular weight is 281 g/mol. The molecule has 0 radical (unpaired) electrons. The number of imide groups is 1. The monoisotopic (exact) mass is 281 g/mol. The Kier molecular flexibility index (Phi) is 6.35. The van der Waals surface area contributed by atoms with Gasteiger partial charge in [0, 0.05) is 0 Å². The van der Waals surface area contributed by atoms with E-state index >= 15 is 0 Å². The van der Waals surface area contributed by atoms with Crippen molar-refractivity contribution in [1.82, 2.24) is 4.90 Å². The van der Waals surface area contributed by atoms with Gasteiger partial charge in [-0.2, -0.15) is 4.90 Å². The van der Waals surface area contributed by atoms with Gasteiger partial charge in [0.1, 0.15) is 24.4 Å². The van der Waals surface area contributed by atoms with Gasteiger partial charge in [-0.05, 0) is 6.92 Å². The van der Waals surface area contributed by atoms with Crippen LogP contribution in [0.5, 0.6) is 0 Å². The lowest BCUT2D eigenvalue weighted by molar-refractivity contribution is -0.134. The fourth-order valence-corrected chi connectivity index (χ4v) is 1.42. The molecule has 0 unspecified atom stereocenters. The summed E-state index contributed by atoms with van der Waals surface area (Å²) in [5.41, 5.74) is 0. The van der Waals surface area contributed by atoms with E-state index in [-0.39, 0.29) is 4.90 Å². The Morgan fingerprint density at radius 3 is 1.68 bits per heavy atom. The van der Waals surface area contributed by atoms with Crippen molar-refractivity contribution in [3.05, 3.63) is 0 Å². The summed E-state index contributed by atoms with van der Waals surface area (Å²) in [5, 5.41) is 54.0. The van der Waals surface area contributed by atoms with Gasteiger partial charge in [0.2, 0.25) is 0 Å². The number of rotatable bonds is 6. The van der Waals surface area contributed by atoms with Crippen molar-refractivity contribution in [2.24, 2.45) is 0 Å². The van der Waals surface area contributed by atoms with Crippen molar-refractivity contribution in [2.45, 2.75) is 31.3 Å². The van der Waals surface area contributed by atoms with Gasteiger partial charge in [-0.15, -0.1) is 0 Å². The summed E-state index contributed by atoms with van der Waals surface area (Å²) in [4.78, 5) is 32.4. The van der Waals surface area contributed by atoms with Crippen molar-refractivity contribution in [3.63, 3.8) is 0 Å². The Bertz CT molecular complexity index is 344. The number of aliphatic hydroxyl groups is 4. The molecule has 2 amide bonds. The van der Waals surface area contributed by atoms with Crippen molar-refractivity contribution in [2.75, 3.05) is 6.61 Å². The van der Waals surface area contributed by atoms with Crippen LogP contribution in [-0.4, -0.2) is 84.5 Å². The Balaban J connectivity index is 5.36. The minimum Gasteiger partial charge on any atom is -0.464 e. The highest BCUT2D eigenvalue weighted by molar-refractivity contribution is 5.94. The number of nitrogens with zero attached hydrogens (tertiary/aromatic N) is 1. The van der Waals surface area contributed by atoms with Gasteiger partial charge in [-0.3, -0.25) is 4.79 Å². The molecule has 0 aliphatic carbocycles. The zero-order valence-electron chi connectivity index (χ0n) is 9.87. The van der Waals surface area contributed by atoms with Crippen LogP contribution in [0.15, 0.2) is 0 Å². The van der Waals surface area contributed by atoms with Gasteiger partial charge in [0.05, 0.1) is 6.61 Å². The van der Waals surface area contributed by atoms with Crippen LogP contribution >= 0.6 is 0 Å². The molecule has 0 saturated heterocycles. The molecular weight excluding hydrogens is 266 g/mol. The molecule has 10 heteroatoms. The quantitative estimate of drug-likeness (QED) is 0.312. The van der Waals surface area contributed by atoms with E-state index in [0.717, 1.165) is 6.92 Å². The number of hydrogen-bond acceptors (Lipinski definition) is 7. The zero-order valence-corrected chi connectivity index (χ0v) is 9.87. The molecule has 10 nitrogen and oxygen atoms in total. The van der Waals surface area contributed by atoms with E-state index in [1.807, 2.05) is 0 Å². The summed E-state index contributed by atoms with van der Waals surface area (Å²) in [5.74, 6) is -1.05. The molecule has 0 saturated carbocycles. The number of aliphatic hydroxyl groups excluding tert-OH is 4. The standard InChI is InChI=1S/C9H15NO9/c1-3(12)5(10(8(16)17)9(18)19)7(15)6(14)4(13)2-11/h4-7,11,13-15H,2H2,1H3,(H,16,17)(H,18,19)/t4-,5+,6-,7-/m1/s1. The number of carbonyl (C=O) groups excluding carboxylic acids is 1. The molecule has 0 aliphatic rings. The molecule has 19 heavy (non-hydrogen) atoms. The second-order valence-corrected chi connectivity index (χ2v) is 3.72. The van der Waals surface area contributed by atoms with Crippen molar-refractivity contribution >= 4 is 18.0 Å². The highest BCUT2D eigenvalue weighted by Crippen LogP contribution is 2.13. The summed E-state index contributed by atoms with van der Waals surface area (Å²) in [6, 6.07) is -2.12. The van der Waals surface area contributed by atoms with Crippen molar-refractivity contribution < 1.29 is 45.0 Å². The number of carbonyl (C=O) groups is 3. The summed E-state index contributed by atoms with van der Waals surface area (Å²) < 4.78 is 0. The summed E-state index contributed by atoms with van der Waals surface area (Å²) in [6.07, 6.45) is -10.2. The molecule has 0 aromatic heterocycles. The van der Waals surface area contributed by atoms with Crippen LogP contribution in [0.2, 0.25) is 0 Å². The maximum absolute atomic E-state index is 11.3. The van der Waals surface area contributed by atoms with Crippen LogP contribution in [0.4, 0.5) is 9.59 Å². The van der Waals surface area contributed by atoms with Crippen LogP contribution in [0.1, 0.15) is 6.92 Å². The Hall–Kier alpha value is -1.75. The molecule has 110 valence electrons. The predicted molar refractivity (Wildman–Crippen MR) is 57.5 cm³/mol. The van der Waals surface area contributed by atoms with Gasteiger partial charge >= 0.3 is 12.2 Å². The largest absolute Gasteiger partial charge is 0.464 e. The smallest absolute Gasteiger partial charge is 0.417 e. The van der Waals surface area contributed by atoms with Gasteiger partial charge in [-0.1, -0.05) is 0 Å². The third kappa shape index (κ3) is 4.13.